The van der Waals surface area contributed by atoms with Gasteiger partial charge in [-0.05, 0) is 36.4 Å². The summed E-state index contributed by atoms with van der Waals surface area (Å²) in [6, 6.07) is 9.31. The SMILES string of the molecule is O=C(COc1ccc(F)cc1)NCCn1ccnc1-c1cccnc1. The van der Waals surface area contributed by atoms with E-state index in [9.17, 15) is 9.18 Å². The van der Waals surface area contributed by atoms with Gasteiger partial charge in [-0.15, -0.1) is 0 Å². The van der Waals surface area contributed by atoms with E-state index in [0.29, 0.717) is 18.8 Å². The van der Waals surface area contributed by atoms with Crippen LogP contribution in [0.4, 0.5) is 4.39 Å². The van der Waals surface area contributed by atoms with Crippen LogP contribution in [-0.4, -0.2) is 33.6 Å². The summed E-state index contributed by atoms with van der Waals surface area (Å²) in [7, 11) is 0. The van der Waals surface area contributed by atoms with Gasteiger partial charge in [0.15, 0.2) is 6.61 Å². The fourth-order valence-corrected chi connectivity index (χ4v) is 2.29. The largest absolute Gasteiger partial charge is 0.484 e. The Labute approximate surface area is 144 Å². The van der Waals surface area contributed by atoms with Crippen molar-refractivity contribution in [1.82, 2.24) is 19.9 Å². The maximum atomic E-state index is 12.8. The molecule has 0 saturated carbocycles. The summed E-state index contributed by atoms with van der Waals surface area (Å²) < 4.78 is 20.0. The summed E-state index contributed by atoms with van der Waals surface area (Å²) in [6.07, 6.45) is 7.01. The molecule has 0 radical (unpaired) electrons. The number of carbonyl (C=O) groups is 1. The first-order valence-corrected chi connectivity index (χ1v) is 7.79. The third-order valence-electron chi connectivity index (χ3n) is 3.49. The third-order valence-corrected chi connectivity index (χ3v) is 3.49. The zero-order valence-electron chi connectivity index (χ0n) is 13.4. The lowest BCUT2D eigenvalue weighted by molar-refractivity contribution is -0.123. The van der Waals surface area contributed by atoms with Crippen molar-refractivity contribution in [3.05, 3.63) is 67.0 Å². The lowest BCUT2D eigenvalue weighted by atomic mass is 10.3. The van der Waals surface area contributed by atoms with E-state index >= 15 is 0 Å². The first-order chi connectivity index (χ1) is 12.2. The summed E-state index contributed by atoms with van der Waals surface area (Å²) in [6.45, 7) is 0.896. The first kappa shape index (κ1) is 16.6. The smallest absolute Gasteiger partial charge is 0.258 e. The number of nitrogens with zero attached hydrogens (tertiary/aromatic N) is 3. The molecular formula is C18H17FN4O2. The van der Waals surface area contributed by atoms with Crippen LogP contribution in [0, 0.1) is 5.82 Å². The van der Waals surface area contributed by atoms with Crippen LogP contribution in [-0.2, 0) is 11.3 Å². The maximum Gasteiger partial charge on any atom is 0.258 e. The Morgan fingerprint density at radius 1 is 1.20 bits per heavy atom. The molecule has 0 aliphatic rings. The highest BCUT2D eigenvalue weighted by Crippen LogP contribution is 2.15. The summed E-state index contributed by atoms with van der Waals surface area (Å²) in [5.74, 6) is 0.656. The van der Waals surface area contributed by atoms with Crippen molar-refractivity contribution in [1.29, 1.82) is 0 Å². The number of hydrogen-bond donors (Lipinski definition) is 1. The number of amides is 1. The van der Waals surface area contributed by atoms with Gasteiger partial charge in [-0.3, -0.25) is 9.78 Å². The third kappa shape index (κ3) is 4.63. The second-order valence-corrected chi connectivity index (χ2v) is 5.28. The molecule has 2 aromatic heterocycles. The number of benzene rings is 1. The number of rotatable bonds is 7. The van der Waals surface area contributed by atoms with Gasteiger partial charge in [-0.1, -0.05) is 0 Å². The second-order valence-electron chi connectivity index (χ2n) is 5.28. The molecule has 6 nitrogen and oxygen atoms in total. The molecule has 128 valence electrons. The van der Waals surface area contributed by atoms with E-state index < -0.39 is 0 Å². The molecule has 25 heavy (non-hydrogen) atoms. The molecule has 1 amide bonds. The molecule has 0 spiro atoms. The quantitative estimate of drug-likeness (QED) is 0.716. The highest BCUT2D eigenvalue weighted by molar-refractivity contribution is 5.77. The zero-order valence-corrected chi connectivity index (χ0v) is 13.4. The molecule has 0 fully saturated rings. The van der Waals surface area contributed by atoms with Crippen LogP contribution in [0.1, 0.15) is 0 Å². The molecule has 1 N–H and O–H groups in total. The molecule has 0 aliphatic heterocycles. The highest BCUT2D eigenvalue weighted by Gasteiger charge is 2.07. The normalized spacial score (nSPS) is 10.4. The average Bonchev–Trinajstić information content (AvgIpc) is 3.10. The molecule has 1 aromatic carbocycles. The van der Waals surface area contributed by atoms with Crippen molar-refractivity contribution in [2.24, 2.45) is 0 Å². The number of halogens is 1. The van der Waals surface area contributed by atoms with Crippen LogP contribution in [0.25, 0.3) is 11.4 Å². The Bertz CT molecular complexity index is 819. The minimum Gasteiger partial charge on any atom is -0.484 e. The van der Waals surface area contributed by atoms with Crippen molar-refractivity contribution in [2.75, 3.05) is 13.2 Å². The van der Waals surface area contributed by atoms with Gasteiger partial charge in [0, 0.05) is 43.4 Å². The first-order valence-electron chi connectivity index (χ1n) is 7.79. The fraction of sp³-hybridized carbons (Fsp3) is 0.167. The maximum absolute atomic E-state index is 12.8. The van der Waals surface area contributed by atoms with E-state index in [2.05, 4.69) is 15.3 Å². The Kier molecular flexibility index (Phi) is 5.36. The monoisotopic (exact) mass is 340 g/mol. The van der Waals surface area contributed by atoms with Gasteiger partial charge in [0.2, 0.25) is 0 Å². The van der Waals surface area contributed by atoms with E-state index in [-0.39, 0.29) is 18.3 Å². The predicted molar refractivity (Wildman–Crippen MR) is 90.4 cm³/mol. The van der Waals surface area contributed by atoms with E-state index in [1.807, 2.05) is 22.9 Å². The molecule has 7 heteroatoms. The number of hydrogen-bond acceptors (Lipinski definition) is 4. The van der Waals surface area contributed by atoms with E-state index in [4.69, 9.17) is 4.74 Å². The number of imidazole rings is 1. The van der Waals surface area contributed by atoms with Gasteiger partial charge < -0.3 is 14.6 Å². The molecule has 3 rings (SSSR count). The summed E-state index contributed by atoms with van der Waals surface area (Å²) in [4.78, 5) is 20.2. The van der Waals surface area contributed by atoms with Crippen LogP contribution in [0.3, 0.4) is 0 Å². The molecular weight excluding hydrogens is 323 g/mol. The van der Waals surface area contributed by atoms with Gasteiger partial charge in [0.1, 0.15) is 17.4 Å². The number of aromatic nitrogens is 3. The minimum atomic E-state index is -0.346. The Morgan fingerprint density at radius 3 is 2.80 bits per heavy atom. The van der Waals surface area contributed by atoms with Crippen molar-refractivity contribution in [3.63, 3.8) is 0 Å². The lowest BCUT2D eigenvalue weighted by Gasteiger charge is -2.10. The van der Waals surface area contributed by atoms with Crippen LogP contribution >= 0.6 is 0 Å². The van der Waals surface area contributed by atoms with Crippen molar-refractivity contribution >= 4 is 5.91 Å². The Hall–Kier alpha value is -3.22. The number of pyridine rings is 1. The molecule has 0 saturated heterocycles. The van der Waals surface area contributed by atoms with Crippen LogP contribution in [0.15, 0.2) is 61.2 Å². The summed E-state index contributed by atoms with van der Waals surface area (Å²) >= 11 is 0. The number of carbonyl (C=O) groups excluding carboxylic acids is 1. The number of ether oxygens (including phenoxy) is 1. The Balaban J connectivity index is 1.46. The summed E-state index contributed by atoms with van der Waals surface area (Å²) in [5.41, 5.74) is 0.915. The van der Waals surface area contributed by atoms with Gasteiger partial charge in [-0.25, -0.2) is 9.37 Å². The second kappa shape index (κ2) is 8.05. The molecule has 3 aromatic rings. The molecule has 0 unspecified atom stereocenters. The van der Waals surface area contributed by atoms with Gasteiger partial charge in [0.05, 0.1) is 0 Å². The van der Waals surface area contributed by atoms with Gasteiger partial charge >= 0.3 is 0 Å². The molecule has 0 bridgehead atoms. The minimum absolute atomic E-state index is 0.120. The fourth-order valence-electron chi connectivity index (χ4n) is 2.29. The van der Waals surface area contributed by atoms with E-state index in [1.165, 1.54) is 24.3 Å². The molecule has 0 aliphatic carbocycles. The number of nitrogens with one attached hydrogen (secondary N) is 1. The van der Waals surface area contributed by atoms with Crippen molar-refractivity contribution in [3.8, 4) is 17.1 Å². The van der Waals surface area contributed by atoms with Crippen LogP contribution < -0.4 is 10.1 Å². The predicted octanol–water partition coefficient (Wildman–Crippen LogP) is 2.28. The lowest BCUT2D eigenvalue weighted by Crippen LogP contribution is -2.31. The molecule has 2 heterocycles. The van der Waals surface area contributed by atoms with E-state index in [0.717, 1.165) is 11.4 Å². The zero-order chi connectivity index (χ0) is 17.5. The van der Waals surface area contributed by atoms with Gasteiger partial charge in [0.25, 0.3) is 5.91 Å². The van der Waals surface area contributed by atoms with E-state index in [1.54, 1.807) is 18.6 Å². The van der Waals surface area contributed by atoms with Crippen LogP contribution in [0.5, 0.6) is 5.75 Å². The van der Waals surface area contributed by atoms with Crippen molar-refractivity contribution < 1.29 is 13.9 Å². The standard InChI is InChI=1S/C18H17FN4O2/c19-15-3-5-16(6-4-15)25-13-17(24)21-8-10-23-11-9-22-18(23)14-2-1-7-20-12-14/h1-7,9,11-12H,8,10,13H2,(H,21,24). The highest BCUT2D eigenvalue weighted by atomic mass is 19.1. The van der Waals surface area contributed by atoms with Crippen LogP contribution in [0.2, 0.25) is 0 Å². The summed E-state index contributed by atoms with van der Waals surface area (Å²) in [5, 5.41) is 2.78. The van der Waals surface area contributed by atoms with Gasteiger partial charge in [-0.2, -0.15) is 0 Å². The topological polar surface area (TPSA) is 69.0 Å². The Morgan fingerprint density at radius 2 is 2.04 bits per heavy atom. The molecule has 0 atom stereocenters. The average molecular weight is 340 g/mol. The van der Waals surface area contributed by atoms with Crippen molar-refractivity contribution in [2.45, 2.75) is 6.54 Å².